The minimum atomic E-state index is -0.723. The quantitative estimate of drug-likeness (QED) is 0.544. The molecule has 0 radical (unpaired) electrons. The first-order chi connectivity index (χ1) is 17.1. The van der Waals surface area contributed by atoms with Crippen molar-refractivity contribution in [3.63, 3.8) is 0 Å². The van der Waals surface area contributed by atoms with Crippen molar-refractivity contribution >= 4 is 17.6 Å². The van der Waals surface area contributed by atoms with Gasteiger partial charge in [-0.15, -0.1) is 0 Å². The van der Waals surface area contributed by atoms with Gasteiger partial charge in [-0.25, -0.2) is 0 Å². The molecule has 7 nitrogen and oxygen atoms in total. The number of aliphatic carboxylic acids is 1. The number of para-hydroxylation sites is 1. The summed E-state index contributed by atoms with van der Waals surface area (Å²) >= 11 is 0. The van der Waals surface area contributed by atoms with Crippen LogP contribution >= 0.6 is 0 Å². The van der Waals surface area contributed by atoms with Crippen molar-refractivity contribution in [2.75, 3.05) is 63.9 Å². The van der Waals surface area contributed by atoms with Gasteiger partial charge in [-0.05, 0) is 49.7 Å². The lowest BCUT2D eigenvalue weighted by atomic mass is 9.80. The Morgan fingerprint density at radius 1 is 0.943 bits per heavy atom. The fourth-order valence-electron chi connectivity index (χ4n) is 6.13. The third-order valence-corrected chi connectivity index (χ3v) is 8.28. The van der Waals surface area contributed by atoms with Crippen LogP contribution < -0.4 is 4.90 Å². The second-order valence-electron chi connectivity index (χ2n) is 10.6. The molecule has 1 saturated carbocycles. The van der Waals surface area contributed by atoms with Crippen molar-refractivity contribution in [2.45, 2.75) is 51.4 Å². The van der Waals surface area contributed by atoms with E-state index in [1.807, 2.05) is 6.07 Å². The number of carboxylic acid groups (broad SMARTS) is 1. The monoisotopic (exact) mass is 485 g/mol. The van der Waals surface area contributed by atoms with Crippen LogP contribution in [0, 0.1) is 17.8 Å². The molecular weight excluding hydrogens is 442 g/mol. The Hall–Kier alpha value is -2.12. The maximum Gasteiger partial charge on any atom is 0.303 e. The second kappa shape index (κ2) is 13.3. The highest BCUT2D eigenvalue weighted by Gasteiger charge is 2.35. The van der Waals surface area contributed by atoms with Crippen LogP contribution in [0.15, 0.2) is 30.3 Å². The van der Waals surface area contributed by atoms with Crippen LogP contribution in [0.25, 0.3) is 0 Å². The molecule has 7 heteroatoms. The van der Waals surface area contributed by atoms with E-state index in [4.69, 9.17) is 4.74 Å². The zero-order chi connectivity index (χ0) is 24.5. The summed E-state index contributed by atoms with van der Waals surface area (Å²) in [5.41, 5.74) is 1.21. The third kappa shape index (κ3) is 7.68. The van der Waals surface area contributed by atoms with Gasteiger partial charge in [-0.1, -0.05) is 37.5 Å². The largest absolute Gasteiger partial charge is 0.481 e. The van der Waals surface area contributed by atoms with E-state index in [2.05, 4.69) is 39.0 Å². The number of morpholine rings is 1. The molecule has 1 aliphatic carbocycles. The zero-order valence-corrected chi connectivity index (χ0v) is 21.2. The minimum Gasteiger partial charge on any atom is -0.481 e. The van der Waals surface area contributed by atoms with Gasteiger partial charge in [0.2, 0.25) is 5.91 Å². The summed E-state index contributed by atoms with van der Waals surface area (Å²) < 4.78 is 5.50. The number of carbonyl (C=O) groups excluding carboxylic acids is 1. The molecule has 35 heavy (non-hydrogen) atoms. The van der Waals surface area contributed by atoms with Crippen LogP contribution in [-0.2, 0) is 14.3 Å². The van der Waals surface area contributed by atoms with E-state index >= 15 is 0 Å². The van der Waals surface area contributed by atoms with Gasteiger partial charge in [0.05, 0.1) is 13.2 Å². The summed E-state index contributed by atoms with van der Waals surface area (Å²) in [7, 11) is 0. The lowest BCUT2D eigenvalue weighted by Gasteiger charge is -2.41. The molecule has 194 valence electrons. The van der Waals surface area contributed by atoms with E-state index in [9.17, 15) is 14.7 Å². The molecule has 0 bridgehead atoms. The summed E-state index contributed by atoms with van der Waals surface area (Å²) in [6.07, 6.45) is 7.50. The number of nitrogens with zero attached hydrogens (tertiary/aromatic N) is 3. The first kappa shape index (κ1) is 26.0. The van der Waals surface area contributed by atoms with Gasteiger partial charge in [0, 0.05) is 63.8 Å². The van der Waals surface area contributed by atoms with E-state index in [0.29, 0.717) is 19.0 Å². The van der Waals surface area contributed by atoms with Gasteiger partial charge in [-0.3, -0.25) is 14.5 Å². The van der Waals surface area contributed by atoms with Gasteiger partial charge >= 0.3 is 5.97 Å². The van der Waals surface area contributed by atoms with Gasteiger partial charge in [0.25, 0.3) is 0 Å². The number of rotatable bonds is 10. The lowest BCUT2D eigenvalue weighted by molar-refractivity contribution is -0.141. The number of likely N-dealkylation sites (tertiary alicyclic amines) is 1. The number of amides is 1. The Bertz CT molecular complexity index is 793. The summed E-state index contributed by atoms with van der Waals surface area (Å²) in [6.45, 7) is 7.78. The van der Waals surface area contributed by atoms with Crippen LogP contribution in [0.2, 0.25) is 0 Å². The standard InChI is InChI=1S/C28H43N3O4/c32-27(33)21-24-11-14-31(28(34)23-7-3-1-4-8-23)22-25(24)12-13-30(26-9-5-2-6-10-26)16-15-29-17-19-35-20-18-29/h2,5-6,9-10,23-25H,1,3-4,7-8,11-22H2,(H,32,33)/t24-,25-/m0/s1. The Morgan fingerprint density at radius 2 is 1.69 bits per heavy atom. The molecule has 0 aromatic heterocycles. The van der Waals surface area contributed by atoms with Crippen LogP contribution in [-0.4, -0.2) is 85.8 Å². The average Bonchev–Trinajstić information content (AvgIpc) is 2.90. The topological polar surface area (TPSA) is 73.3 Å². The van der Waals surface area contributed by atoms with E-state index in [1.54, 1.807) is 0 Å². The van der Waals surface area contributed by atoms with Crippen molar-refractivity contribution in [3.05, 3.63) is 30.3 Å². The van der Waals surface area contributed by atoms with Gasteiger partial charge in [0.15, 0.2) is 0 Å². The Kier molecular flexibility index (Phi) is 9.83. The van der Waals surface area contributed by atoms with E-state index < -0.39 is 5.97 Å². The Balaban J connectivity index is 1.40. The number of ether oxygens (including phenoxy) is 1. The SMILES string of the molecule is O=C(O)C[C@@H]1CCN(C(=O)C2CCCCC2)C[C@@H]1CCN(CCN1CCOCC1)c1ccccc1. The highest BCUT2D eigenvalue weighted by Crippen LogP contribution is 2.33. The summed E-state index contributed by atoms with van der Waals surface area (Å²) in [5.74, 6) is 0.131. The van der Waals surface area contributed by atoms with E-state index in [0.717, 1.165) is 84.5 Å². The van der Waals surface area contributed by atoms with Gasteiger partial charge in [0.1, 0.15) is 0 Å². The van der Waals surface area contributed by atoms with Crippen molar-refractivity contribution in [3.8, 4) is 0 Å². The first-order valence-corrected chi connectivity index (χ1v) is 13.7. The minimum absolute atomic E-state index is 0.139. The Morgan fingerprint density at radius 3 is 2.40 bits per heavy atom. The number of carboxylic acids is 1. The molecule has 2 heterocycles. The fourth-order valence-corrected chi connectivity index (χ4v) is 6.13. The highest BCUT2D eigenvalue weighted by molar-refractivity contribution is 5.79. The summed E-state index contributed by atoms with van der Waals surface area (Å²) in [6, 6.07) is 10.5. The van der Waals surface area contributed by atoms with Crippen LogP contribution in [0.3, 0.4) is 0 Å². The number of carbonyl (C=O) groups is 2. The van der Waals surface area contributed by atoms with E-state index in [-0.39, 0.29) is 24.2 Å². The van der Waals surface area contributed by atoms with Gasteiger partial charge in [-0.2, -0.15) is 0 Å². The fraction of sp³-hybridized carbons (Fsp3) is 0.714. The second-order valence-corrected chi connectivity index (χ2v) is 10.6. The number of piperidine rings is 1. The number of hydrogen-bond donors (Lipinski definition) is 1. The Labute approximate surface area is 210 Å². The summed E-state index contributed by atoms with van der Waals surface area (Å²) in [4.78, 5) is 31.8. The number of anilines is 1. The van der Waals surface area contributed by atoms with Crippen LogP contribution in [0.1, 0.15) is 51.4 Å². The summed E-state index contributed by atoms with van der Waals surface area (Å²) in [5, 5.41) is 9.54. The van der Waals surface area contributed by atoms with Crippen LogP contribution in [0.4, 0.5) is 5.69 Å². The molecule has 2 aliphatic heterocycles. The smallest absolute Gasteiger partial charge is 0.303 e. The maximum absolute atomic E-state index is 13.2. The molecule has 2 saturated heterocycles. The lowest BCUT2D eigenvalue weighted by Crippen LogP contribution is -2.48. The van der Waals surface area contributed by atoms with Crippen molar-refractivity contribution < 1.29 is 19.4 Å². The normalized spacial score (nSPS) is 24.3. The number of benzene rings is 1. The molecule has 3 aliphatic rings. The molecule has 1 aromatic rings. The number of hydrogen-bond acceptors (Lipinski definition) is 5. The highest BCUT2D eigenvalue weighted by atomic mass is 16.5. The van der Waals surface area contributed by atoms with Crippen molar-refractivity contribution in [1.29, 1.82) is 0 Å². The predicted octanol–water partition coefficient (Wildman–Crippen LogP) is 3.74. The zero-order valence-electron chi connectivity index (χ0n) is 21.2. The van der Waals surface area contributed by atoms with Crippen molar-refractivity contribution in [1.82, 2.24) is 9.80 Å². The van der Waals surface area contributed by atoms with Crippen LogP contribution in [0.5, 0.6) is 0 Å². The molecule has 1 amide bonds. The van der Waals surface area contributed by atoms with Gasteiger partial charge < -0.3 is 19.6 Å². The first-order valence-electron chi connectivity index (χ1n) is 13.7. The molecule has 4 rings (SSSR count). The third-order valence-electron chi connectivity index (χ3n) is 8.28. The maximum atomic E-state index is 13.2. The molecular formula is C28H43N3O4. The molecule has 3 fully saturated rings. The molecule has 1 N–H and O–H groups in total. The van der Waals surface area contributed by atoms with Crippen molar-refractivity contribution in [2.24, 2.45) is 17.8 Å². The molecule has 1 aromatic carbocycles. The molecule has 2 atom stereocenters. The molecule has 0 unspecified atom stereocenters. The van der Waals surface area contributed by atoms with E-state index in [1.165, 1.54) is 12.1 Å². The average molecular weight is 486 g/mol. The predicted molar refractivity (Wildman–Crippen MR) is 138 cm³/mol. The molecule has 0 spiro atoms.